The molecule has 0 spiro atoms. The Kier molecular flexibility index (Phi) is 4.82. The highest BCUT2D eigenvalue weighted by molar-refractivity contribution is 5.65. The van der Waals surface area contributed by atoms with Crippen LogP contribution in [-0.4, -0.2) is 15.3 Å². The number of benzene rings is 2. The van der Waals surface area contributed by atoms with Crippen molar-refractivity contribution < 1.29 is 22.7 Å². The van der Waals surface area contributed by atoms with Crippen molar-refractivity contribution in [2.75, 3.05) is 0 Å². The number of halogens is 3. The molecular weight excluding hydrogens is 345 g/mol. The van der Waals surface area contributed by atoms with E-state index in [2.05, 4.69) is 10.2 Å². The molecule has 3 rings (SSSR count). The first-order chi connectivity index (χ1) is 12.2. The summed E-state index contributed by atoms with van der Waals surface area (Å²) in [5.74, 6) is 0.747. The molecule has 1 aromatic heterocycles. The Morgan fingerprint density at radius 2 is 1.65 bits per heavy atom. The van der Waals surface area contributed by atoms with Gasteiger partial charge < -0.3 is 9.52 Å². The zero-order valence-electron chi connectivity index (χ0n) is 14.2. The summed E-state index contributed by atoms with van der Waals surface area (Å²) in [4.78, 5) is 0. The molecule has 0 saturated heterocycles. The highest BCUT2D eigenvalue weighted by Crippen LogP contribution is 2.32. The van der Waals surface area contributed by atoms with E-state index in [1.165, 1.54) is 12.1 Å². The molecule has 0 amide bonds. The molecule has 136 valence electrons. The topological polar surface area (TPSA) is 59.2 Å². The second-order valence-electron chi connectivity index (χ2n) is 6.08. The second kappa shape index (κ2) is 6.92. The number of hydrogen-bond acceptors (Lipinski definition) is 4. The van der Waals surface area contributed by atoms with E-state index in [9.17, 15) is 18.3 Å². The summed E-state index contributed by atoms with van der Waals surface area (Å²) in [6.07, 6.45) is -5.06. The molecule has 7 heteroatoms. The van der Waals surface area contributed by atoms with Gasteiger partial charge in [0.15, 0.2) is 0 Å². The zero-order valence-corrected chi connectivity index (χ0v) is 14.2. The van der Waals surface area contributed by atoms with Crippen LogP contribution in [-0.2, 0) is 12.6 Å². The number of hydrogen-bond donors (Lipinski definition) is 1. The Morgan fingerprint density at radius 1 is 1.00 bits per heavy atom. The molecule has 3 aromatic rings. The van der Waals surface area contributed by atoms with Crippen molar-refractivity contribution in [2.24, 2.45) is 0 Å². The van der Waals surface area contributed by atoms with Gasteiger partial charge in [0.1, 0.15) is 0 Å². The number of aromatic nitrogens is 2. The molecule has 2 aromatic carbocycles. The van der Waals surface area contributed by atoms with Gasteiger partial charge in [0.2, 0.25) is 11.8 Å². The van der Waals surface area contributed by atoms with Crippen LogP contribution in [0.2, 0.25) is 0 Å². The lowest BCUT2D eigenvalue weighted by Gasteiger charge is -2.14. The molecule has 0 bridgehead atoms. The highest BCUT2D eigenvalue weighted by Gasteiger charge is 2.30. The van der Waals surface area contributed by atoms with Crippen molar-refractivity contribution in [1.29, 1.82) is 0 Å². The van der Waals surface area contributed by atoms with Crippen LogP contribution >= 0.6 is 0 Å². The van der Waals surface area contributed by atoms with Crippen LogP contribution in [0.1, 0.15) is 34.6 Å². The quantitative estimate of drug-likeness (QED) is 0.734. The lowest BCUT2D eigenvalue weighted by molar-refractivity contribution is -0.137. The van der Waals surface area contributed by atoms with E-state index in [0.717, 1.165) is 23.3 Å². The summed E-state index contributed by atoms with van der Waals surface area (Å²) in [5, 5.41) is 18.1. The Hall–Kier alpha value is -2.67. The van der Waals surface area contributed by atoms with E-state index in [1.807, 2.05) is 19.1 Å². The maximum absolute atomic E-state index is 12.7. The molecule has 26 heavy (non-hydrogen) atoms. The fourth-order valence-electron chi connectivity index (χ4n) is 2.73. The number of aryl methyl sites for hydroxylation is 2. The first-order valence-corrected chi connectivity index (χ1v) is 7.99. The van der Waals surface area contributed by atoms with Crippen molar-refractivity contribution in [3.63, 3.8) is 0 Å². The van der Waals surface area contributed by atoms with Gasteiger partial charge in [-0.1, -0.05) is 24.3 Å². The van der Waals surface area contributed by atoms with E-state index < -0.39 is 17.8 Å². The first-order valence-electron chi connectivity index (χ1n) is 7.99. The summed E-state index contributed by atoms with van der Waals surface area (Å²) in [5.41, 5.74) is 2.20. The minimum Gasteiger partial charge on any atom is -0.425 e. The number of aliphatic hydroxyl groups excluding tert-OH is 1. The smallest absolute Gasteiger partial charge is 0.416 e. The molecule has 0 saturated carbocycles. The summed E-state index contributed by atoms with van der Waals surface area (Å²) >= 11 is 0. The van der Waals surface area contributed by atoms with Crippen molar-refractivity contribution in [2.45, 2.75) is 32.5 Å². The standard InChI is InChI=1S/C19H17F3N2O2/c1-11-3-4-14(13-5-7-15(8-6-13)19(20,21)22)9-16(11)17(25)10-18-24-23-12(2)26-18/h3-9,17,25H,10H2,1-2H3. The average Bonchev–Trinajstić information content (AvgIpc) is 2.99. The molecule has 1 N–H and O–H groups in total. The maximum Gasteiger partial charge on any atom is 0.416 e. The van der Waals surface area contributed by atoms with E-state index in [-0.39, 0.29) is 6.42 Å². The van der Waals surface area contributed by atoms with Gasteiger partial charge in [-0.2, -0.15) is 13.2 Å². The van der Waals surface area contributed by atoms with Gasteiger partial charge >= 0.3 is 6.18 Å². The number of alkyl halides is 3. The van der Waals surface area contributed by atoms with Crippen LogP contribution in [0.3, 0.4) is 0 Å². The van der Waals surface area contributed by atoms with Gasteiger partial charge in [0.05, 0.1) is 18.1 Å². The lowest BCUT2D eigenvalue weighted by Crippen LogP contribution is -2.05. The van der Waals surface area contributed by atoms with E-state index in [0.29, 0.717) is 22.9 Å². The molecule has 0 radical (unpaired) electrons. The second-order valence-corrected chi connectivity index (χ2v) is 6.08. The third kappa shape index (κ3) is 3.94. The highest BCUT2D eigenvalue weighted by atomic mass is 19.4. The largest absolute Gasteiger partial charge is 0.425 e. The third-order valence-corrected chi connectivity index (χ3v) is 4.12. The zero-order chi connectivity index (χ0) is 18.9. The SMILES string of the molecule is Cc1nnc(CC(O)c2cc(-c3ccc(C(F)(F)F)cc3)ccc2C)o1. The fraction of sp³-hybridized carbons (Fsp3) is 0.263. The van der Waals surface area contributed by atoms with Crippen LogP contribution in [0, 0.1) is 13.8 Å². The molecule has 0 fully saturated rings. The van der Waals surface area contributed by atoms with Gasteiger partial charge in [-0.15, -0.1) is 10.2 Å². The minimum atomic E-state index is -4.37. The predicted octanol–water partition coefficient (Wildman–Crippen LogP) is 4.65. The van der Waals surface area contributed by atoms with E-state index in [1.54, 1.807) is 13.0 Å². The van der Waals surface area contributed by atoms with Crippen molar-refractivity contribution in [3.8, 4) is 11.1 Å². The van der Waals surface area contributed by atoms with Crippen LogP contribution in [0.5, 0.6) is 0 Å². The molecule has 0 aliphatic heterocycles. The third-order valence-electron chi connectivity index (χ3n) is 4.12. The van der Waals surface area contributed by atoms with Gasteiger partial charge in [-0.05, 0) is 47.4 Å². The molecule has 1 unspecified atom stereocenters. The molecule has 4 nitrogen and oxygen atoms in total. The minimum absolute atomic E-state index is 0.165. The van der Waals surface area contributed by atoms with Crippen LogP contribution < -0.4 is 0 Å². The molecule has 0 aliphatic rings. The molecule has 1 atom stereocenters. The van der Waals surface area contributed by atoms with E-state index in [4.69, 9.17) is 4.42 Å². The van der Waals surface area contributed by atoms with Gasteiger partial charge in [-0.25, -0.2) is 0 Å². The Morgan fingerprint density at radius 3 is 2.23 bits per heavy atom. The summed E-state index contributed by atoms with van der Waals surface area (Å²) < 4.78 is 43.4. The monoisotopic (exact) mass is 362 g/mol. The van der Waals surface area contributed by atoms with Crippen LogP contribution in [0.25, 0.3) is 11.1 Å². The van der Waals surface area contributed by atoms with Gasteiger partial charge in [0.25, 0.3) is 0 Å². The lowest BCUT2D eigenvalue weighted by atomic mass is 9.95. The van der Waals surface area contributed by atoms with Crippen molar-refractivity contribution in [1.82, 2.24) is 10.2 Å². The van der Waals surface area contributed by atoms with Crippen LogP contribution in [0.4, 0.5) is 13.2 Å². The Bertz CT molecular complexity index is 902. The number of nitrogens with zero attached hydrogens (tertiary/aromatic N) is 2. The average molecular weight is 362 g/mol. The van der Waals surface area contributed by atoms with Crippen molar-refractivity contribution >= 4 is 0 Å². The Labute approximate surface area is 148 Å². The molecule has 0 aliphatic carbocycles. The summed E-state index contributed by atoms with van der Waals surface area (Å²) in [7, 11) is 0. The van der Waals surface area contributed by atoms with Gasteiger partial charge in [-0.3, -0.25) is 0 Å². The maximum atomic E-state index is 12.7. The fourth-order valence-corrected chi connectivity index (χ4v) is 2.73. The molecule has 1 heterocycles. The molecular formula is C19H17F3N2O2. The Balaban J connectivity index is 1.87. The van der Waals surface area contributed by atoms with E-state index >= 15 is 0 Å². The van der Waals surface area contributed by atoms with Crippen molar-refractivity contribution in [3.05, 3.63) is 70.9 Å². The summed E-state index contributed by atoms with van der Waals surface area (Å²) in [6, 6.07) is 10.3. The number of rotatable bonds is 4. The van der Waals surface area contributed by atoms with Crippen LogP contribution in [0.15, 0.2) is 46.9 Å². The number of aliphatic hydroxyl groups is 1. The summed E-state index contributed by atoms with van der Waals surface area (Å²) in [6.45, 7) is 3.52. The normalized spacial score (nSPS) is 13.0. The van der Waals surface area contributed by atoms with Gasteiger partial charge in [0, 0.05) is 6.92 Å². The first kappa shape index (κ1) is 18.1. The predicted molar refractivity (Wildman–Crippen MR) is 89.3 cm³/mol.